The van der Waals surface area contributed by atoms with Crippen molar-refractivity contribution in [3.63, 3.8) is 0 Å². The van der Waals surface area contributed by atoms with E-state index in [1.807, 2.05) is 31.2 Å². The number of methoxy groups -OCH3 is 1. The van der Waals surface area contributed by atoms with E-state index in [0.29, 0.717) is 32.0 Å². The molecule has 1 aromatic carbocycles. The maximum atomic E-state index is 12.0. The lowest BCUT2D eigenvalue weighted by Gasteiger charge is -2.13. The molecule has 8 nitrogen and oxygen atoms in total. The molecule has 0 aliphatic carbocycles. The van der Waals surface area contributed by atoms with Gasteiger partial charge in [0.1, 0.15) is 5.75 Å². The lowest BCUT2D eigenvalue weighted by Crippen LogP contribution is -2.39. The van der Waals surface area contributed by atoms with Gasteiger partial charge in [-0.1, -0.05) is 18.2 Å². The number of aliphatic imine (C=N–C) groups is 1. The fourth-order valence-corrected chi connectivity index (χ4v) is 4.72. The molecule has 1 aromatic rings. The molecule has 2 rings (SSSR count). The van der Waals surface area contributed by atoms with E-state index in [0.717, 1.165) is 17.7 Å². The van der Waals surface area contributed by atoms with E-state index in [9.17, 15) is 13.2 Å². The fourth-order valence-electron chi connectivity index (χ4n) is 3.04. The van der Waals surface area contributed by atoms with Crippen LogP contribution in [0, 0.1) is 0 Å². The molecular weight excluding hydrogens is 380 g/mol. The van der Waals surface area contributed by atoms with Gasteiger partial charge in [-0.25, -0.2) is 8.42 Å². The smallest absolute Gasteiger partial charge is 0.222 e. The van der Waals surface area contributed by atoms with E-state index >= 15 is 0 Å². The van der Waals surface area contributed by atoms with Crippen molar-refractivity contribution < 1.29 is 17.9 Å². The second-order valence-electron chi connectivity index (χ2n) is 6.67. The van der Waals surface area contributed by atoms with Gasteiger partial charge in [0.05, 0.1) is 25.2 Å². The first-order chi connectivity index (χ1) is 13.4. The van der Waals surface area contributed by atoms with Gasteiger partial charge in [0.25, 0.3) is 0 Å². The van der Waals surface area contributed by atoms with Crippen LogP contribution in [0.15, 0.2) is 29.3 Å². The topological polar surface area (TPSA) is 109 Å². The number of guanidine groups is 1. The van der Waals surface area contributed by atoms with Crippen molar-refractivity contribution in [1.82, 2.24) is 16.0 Å². The van der Waals surface area contributed by atoms with Crippen molar-refractivity contribution in [3.05, 3.63) is 29.8 Å². The van der Waals surface area contributed by atoms with Crippen molar-refractivity contribution >= 4 is 21.7 Å². The zero-order valence-corrected chi connectivity index (χ0v) is 17.3. The number of benzene rings is 1. The Morgan fingerprint density at radius 2 is 2.07 bits per heavy atom. The van der Waals surface area contributed by atoms with Gasteiger partial charge in [0.15, 0.2) is 15.8 Å². The van der Waals surface area contributed by atoms with Crippen LogP contribution in [0.5, 0.6) is 5.75 Å². The van der Waals surface area contributed by atoms with Gasteiger partial charge in [-0.15, -0.1) is 0 Å². The minimum Gasteiger partial charge on any atom is -0.496 e. The molecule has 0 saturated carbocycles. The summed E-state index contributed by atoms with van der Waals surface area (Å²) in [6, 6.07) is 7.60. The summed E-state index contributed by atoms with van der Waals surface area (Å²) in [7, 11) is -1.34. The predicted octanol–water partition coefficient (Wildman–Crippen LogP) is 0.486. The van der Waals surface area contributed by atoms with Crippen LogP contribution in [0.3, 0.4) is 0 Å². The van der Waals surface area contributed by atoms with Gasteiger partial charge in [-0.3, -0.25) is 9.79 Å². The van der Waals surface area contributed by atoms with E-state index in [1.54, 1.807) is 7.11 Å². The van der Waals surface area contributed by atoms with Crippen LogP contribution < -0.4 is 20.7 Å². The van der Waals surface area contributed by atoms with Gasteiger partial charge in [-0.2, -0.15) is 0 Å². The molecule has 1 fully saturated rings. The molecule has 0 bridgehead atoms. The van der Waals surface area contributed by atoms with Crippen molar-refractivity contribution in [2.75, 3.05) is 38.2 Å². The van der Waals surface area contributed by atoms with E-state index in [4.69, 9.17) is 4.74 Å². The average Bonchev–Trinajstić information content (AvgIpc) is 3.00. The summed E-state index contributed by atoms with van der Waals surface area (Å²) in [4.78, 5) is 16.4. The molecule has 1 saturated heterocycles. The number of hydrogen-bond donors (Lipinski definition) is 3. The number of hydrogen-bond acceptors (Lipinski definition) is 5. The molecule has 3 N–H and O–H groups in total. The molecule has 1 heterocycles. The lowest BCUT2D eigenvalue weighted by molar-refractivity contribution is -0.121. The highest BCUT2D eigenvalue weighted by atomic mass is 32.2. The van der Waals surface area contributed by atoms with Crippen LogP contribution in [-0.2, 0) is 21.1 Å². The normalized spacial score (nSPS) is 18.5. The van der Waals surface area contributed by atoms with E-state index in [1.165, 1.54) is 0 Å². The Kier molecular flexibility index (Phi) is 8.56. The zero-order valence-electron chi connectivity index (χ0n) is 16.5. The minimum absolute atomic E-state index is 0.0369. The quantitative estimate of drug-likeness (QED) is 0.404. The largest absolute Gasteiger partial charge is 0.496 e. The van der Waals surface area contributed by atoms with Crippen molar-refractivity contribution in [2.45, 2.75) is 32.2 Å². The third kappa shape index (κ3) is 7.38. The number of amides is 1. The summed E-state index contributed by atoms with van der Waals surface area (Å²) in [5.74, 6) is 1.52. The molecule has 156 valence electrons. The molecule has 1 atom stereocenters. The van der Waals surface area contributed by atoms with Crippen molar-refractivity contribution in [1.29, 1.82) is 0 Å². The second kappa shape index (κ2) is 10.9. The molecule has 1 aliphatic rings. The highest BCUT2D eigenvalue weighted by Gasteiger charge is 2.28. The van der Waals surface area contributed by atoms with Gasteiger partial charge in [0.2, 0.25) is 5.91 Å². The average molecular weight is 411 g/mol. The minimum atomic E-state index is -2.99. The van der Waals surface area contributed by atoms with Crippen LogP contribution in [0.2, 0.25) is 0 Å². The predicted molar refractivity (Wildman–Crippen MR) is 110 cm³/mol. The molecule has 0 aromatic heterocycles. The number of ether oxygens (including phenoxy) is 1. The Hall–Kier alpha value is -2.29. The zero-order chi connectivity index (χ0) is 20.4. The number of para-hydroxylation sites is 1. The van der Waals surface area contributed by atoms with E-state index < -0.39 is 9.84 Å². The Bertz CT molecular complexity index is 780. The Morgan fingerprint density at radius 1 is 1.29 bits per heavy atom. The summed E-state index contributed by atoms with van der Waals surface area (Å²) in [6.45, 7) is 3.70. The van der Waals surface area contributed by atoms with Gasteiger partial charge in [-0.05, 0) is 31.4 Å². The SMILES string of the molecule is CCNC(=NCCC(=O)NC1CCS(=O)(=O)C1)NCCc1ccccc1OC. The van der Waals surface area contributed by atoms with Crippen LogP contribution in [0.25, 0.3) is 0 Å². The van der Waals surface area contributed by atoms with Gasteiger partial charge >= 0.3 is 0 Å². The standard InChI is InChI=1S/C19H30N4O4S/c1-3-20-19(21-11-8-15-6-4-5-7-17(15)27-2)22-12-9-18(24)23-16-10-13-28(25,26)14-16/h4-7,16H,3,8-14H2,1-2H3,(H,23,24)(H2,20,21,22). The first-order valence-corrected chi connectivity index (χ1v) is 11.4. The summed E-state index contributed by atoms with van der Waals surface area (Å²) >= 11 is 0. The lowest BCUT2D eigenvalue weighted by atomic mass is 10.1. The van der Waals surface area contributed by atoms with Crippen LogP contribution >= 0.6 is 0 Å². The number of carbonyl (C=O) groups is 1. The third-order valence-electron chi connectivity index (χ3n) is 4.43. The Balaban J connectivity index is 1.76. The number of rotatable bonds is 9. The molecule has 0 spiro atoms. The molecule has 28 heavy (non-hydrogen) atoms. The second-order valence-corrected chi connectivity index (χ2v) is 8.90. The molecule has 1 amide bonds. The van der Waals surface area contributed by atoms with Crippen LogP contribution in [-0.4, -0.2) is 64.6 Å². The fraction of sp³-hybridized carbons (Fsp3) is 0.579. The van der Waals surface area contributed by atoms with E-state index in [2.05, 4.69) is 20.9 Å². The van der Waals surface area contributed by atoms with E-state index in [-0.39, 0.29) is 29.9 Å². The molecular formula is C19H30N4O4S. The Labute approximate surface area is 167 Å². The first-order valence-electron chi connectivity index (χ1n) is 9.57. The van der Waals surface area contributed by atoms with Crippen LogP contribution in [0.1, 0.15) is 25.3 Å². The molecule has 9 heteroatoms. The van der Waals surface area contributed by atoms with Gasteiger partial charge in [0, 0.05) is 25.6 Å². The maximum absolute atomic E-state index is 12.0. The summed E-state index contributed by atoms with van der Waals surface area (Å²) in [6.07, 6.45) is 1.50. The summed E-state index contributed by atoms with van der Waals surface area (Å²) in [5.41, 5.74) is 1.11. The first kappa shape index (κ1) is 22.0. The number of sulfone groups is 1. The maximum Gasteiger partial charge on any atom is 0.222 e. The third-order valence-corrected chi connectivity index (χ3v) is 6.20. The summed E-state index contributed by atoms with van der Waals surface area (Å²) < 4.78 is 28.2. The number of carbonyl (C=O) groups excluding carboxylic acids is 1. The Morgan fingerprint density at radius 3 is 2.75 bits per heavy atom. The highest BCUT2D eigenvalue weighted by molar-refractivity contribution is 7.91. The van der Waals surface area contributed by atoms with Crippen molar-refractivity contribution in [2.24, 2.45) is 4.99 Å². The number of nitrogens with one attached hydrogen (secondary N) is 3. The highest BCUT2D eigenvalue weighted by Crippen LogP contribution is 2.17. The molecule has 0 radical (unpaired) electrons. The van der Waals surface area contributed by atoms with Crippen LogP contribution in [0.4, 0.5) is 0 Å². The summed E-state index contributed by atoms with van der Waals surface area (Å²) in [5, 5.41) is 9.18. The molecule has 1 unspecified atom stereocenters. The monoisotopic (exact) mass is 410 g/mol. The van der Waals surface area contributed by atoms with Gasteiger partial charge < -0.3 is 20.7 Å². The number of nitrogens with zero attached hydrogens (tertiary/aromatic N) is 1. The van der Waals surface area contributed by atoms with Crippen molar-refractivity contribution in [3.8, 4) is 5.75 Å². The molecule has 1 aliphatic heterocycles.